The molecule has 0 N–H and O–H groups in total. The van der Waals surface area contributed by atoms with Gasteiger partial charge in [-0.3, -0.25) is 14.8 Å². The fourth-order valence-corrected chi connectivity index (χ4v) is 4.64. The predicted molar refractivity (Wildman–Crippen MR) is 115 cm³/mol. The minimum absolute atomic E-state index is 0.357. The fourth-order valence-electron chi connectivity index (χ4n) is 4.64. The maximum atomic E-state index is 6.09. The van der Waals surface area contributed by atoms with Crippen molar-refractivity contribution in [3.63, 3.8) is 0 Å². The number of para-hydroxylation sites is 1. The molecule has 0 amide bonds. The second kappa shape index (κ2) is 9.70. The molecule has 2 saturated heterocycles. The van der Waals surface area contributed by atoms with Crippen LogP contribution in [0.4, 0.5) is 0 Å². The summed E-state index contributed by atoms with van der Waals surface area (Å²) in [7, 11) is 0. The summed E-state index contributed by atoms with van der Waals surface area (Å²) < 4.78 is 12.0. The van der Waals surface area contributed by atoms with Crippen LogP contribution in [0.3, 0.4) is 0 Å². The molecule has 2 unspecified atom stereocenters. The molecule has 0 saturated carbocycles. The maximum absolute atomic E-state index is 6.09. The molecule has 2 aromatic rings. The molecule has 4 rings (SSSR count). The Labute approximate surface area is 174 Å². The summed E-state index contributed by atoms with van der Waals surface area (Å²) in [6.07, 6.45) is 6.78. The van der Waals surface area contributed by atoms with Crippen LogP contribution in [0.5, 0.6) is 11.5 Å². The van der Waals surface area contributed by atoms with Gasteiger partial charge in [0.15, 0.2) is 0 Å². The maximum Gasteiger partial charge on any atom is 0.145 e. The van der Waals surface area contributed by atoms with Gasteiger partial charge in [0, 0.05) is 37.9 Å². The topological polar surface area (TPSA) is 37.8 Å². The van der Waals surface area contributed by atoms with Crippen LogP contribution in [0, 0.1) is 5.92 Å². The van der Waals surface area contributed by atoms with Crippen molar-refractivity contribution in [2.75, 3.05) is 32.7 Å². The Balaban J connectivity index is 1.29. The van der Waals surface area contributed by atoms with Crippen molar-refractivity contribution in [2.24, 2.45) is 5.92 Å². The Kier molecular flexibility index (Phi) is 6.80. The molecule has 0 radical (unpaired) electrons. The first-order valence-electron chi connectivity index (χ1n) is 10.9. The molecule has 5 nitrogen and oxygen atoms in total. The first-order chi connectivity index (χ1) is 14.2. The molecular formula is C24H33N3O2. The van der Waals surface area contributed by atoms with E-state index in [0.717, 1.165) is 50.1 Å². The molecule has 2 fully saturated rings. The van der Waals surface area contributed by atoms with Crippen LogP contribution in [0.15, 0.2) is 48.8 Å². The predicted octanol–water partition coefficient (Wildman–Crippen LogP) is 4.20. The summed E-state index contributed by atoms with van der Waals surface area (Å²) in [5.41, 5.74) is 1.24. The summed E-state index contributed by atoms with van der Waals surface area (Å²) in [5.74, 6) is 2.51. The van der Waals surface area contributed by atoms with Gasteiger partial charge in [0.05, 0.1) is 18.4 Å². The average Bonchev–Trinajstić information content (AvgIpc) is 2.71. The number of ether oxygens (including phenoxy) is 2. The second-order valence-electron chi connectivity index (χ2n) is 8.59. The number of morpholine rings is 1. The van der Waals surface area contributed by atoms with Gasteiger partial charge < -0.3 is 9.47 Å². The van der Waals surface area contributed by atoms with Crippen LogP contribution in [-0.4, -0.2) is 59.7 Å². The summed E-state index contributed by atoms with van der Waals surface area (Å²) in [6.45, 7) is 11.0. The van der Waals surface area contributed by atoms with Crippen molar-refractivity contribution in [3.8, 4) is 11.5 Å². The zero-order valence-electron chi connectivity index (χ0n) is 17.7. The van der Waals surface area contributed by atoms with E-state index in [2.05, 4.69) is 46.8 Å². The number of pyridine rings is 1. The number of hydrogen-bond donors (Lipinski definition) is 0. The monoisotopic (exact) mass is 395 g/mol. The third-order valence-electron chi connectivity index (χ3n) is 5.95. The fraction of sp³-hybridized carbons (Fsp3) is 0.542. The normalized spacial score (nSPS) is 24.5. The van der Waals surface area contributed by atoms with Crippen LogP contribution < -0.4 is 4.74 Å². The summed E-state index contributed by atoms with van der Waals surface area (Å²) in [4.78, 5) is 9.31. The number of hydrogen-bond acceptors (Lipinski definition) is 5. The standard InChI is InChI=1S/C24H33N3O2/c1-19-15-27(16-20(2)28-19)17-21-9-12-26(13-10-21)18-22-6-3-4-8-24(22)29-23-7-5-11-25-14-23/h3-8,11,14,19-21H,9-10,12-13,15-18H2,1-2H3. The van der Waals surface area contributed by atoms with Gasteiger partial charge in [-0.25, -0.2) is 0 Å². The van der Waals surface area contributed by atoms with Crippen LogP contribution in [0.2, 0.25) is 0 Å². The number of piperidine rings is 1. The Bertz CT molecular complexity index is 752. The van der Waals surface area contributed by atoms with E-state index < -0.39 is 0 Å². The highest BCUT2D eigenvalue weighted by molar-refractivity contribution is 5.37. The van der Waals surface area contributed by atoms with E-state index in [1.807, 2.05) is 18.2 Å². The van der Waals surface area contributed by atoms with E-state index in [9.17, 15) is 0 Å². The minimum Gasteiger partial charge on any atom is -0.455 e. The van der Waals surface area contributed by atoms with Crippen LogP contribution in [0.1, 0.15) is 32.3 Å². The Morgan fingerprint density at radius 1 is 1.00 bits per heavy atom. The summed E-state index contributed by atoms with van der Waals surface area (Å²) in [6, 6.07) is 12.2. The van der Waals surface area contributed by atoms with Crippen molar-refractivity contribution in [3.05, 3.63) is 54.4 Å². The zero-order valence-corrected chi connectivity index (χ0v) is 17.7. The van der Waals surface area contributed by atoms with Crippen molar-refractivity contribution in [1.29, 1.82) is 0 Å². The lowest BCUT2D eigenvalue weighted by molar-refractivity contribution is -0.0732. The van der Waals surface area contributed by atoms with E-state index in [4.69, 9.17) is 9.47 Å². The largest absolute Gasteiger partial charge is 0.455 e. The Morgan fingerprint density at radius 3 is 2.48 bits per heavy atom. The number of aromatic nitrogens is 1. The highest BCUT2D eigenvalue weighted by Crippen LogP contribution is 2.28. The average molecular weight is 396 g/mol. The highest BCUT2D eigenvalue weighted by Gasteiger charge is 2.26. The zero-order chi connectivity index (χ0) is 20.1. The van der Waals surface area contributed by atoms with Crippen molar-refractivity contribution in [2.45, 2.75) is 45.4 Å². The van der Waals surface area contributed by atoms with Gasteiger partial charge in [0.1, 0.15) is 11.5 Å². The molecule has 2 aliphatic heterocycles. The van der Waals surface area contributed by atoms with Gasteiger partial charge in [-0.15, -0.1) is 0 Å². The number of likely N-dealkylation sites (tertiary alicyclic amines) is 1. The van der Waals surface area contributed by atoms with E-state index in [1.54, 1.807) is 12.4 Å². The minimum atomic E-state index is 0.357. The highest BCUT2D eigenvalue weighted by atomic mass is 16.5. The lowest BCUT2D eigenvalue weighted by Crippen LogP contribution is -2.48. The number of benzene rings is 1. The molecule has 3 heterocycles. The summed E-state index contributed by atoms with van der Waals surface area (Å²) in [5, 5.41) is 0. The van der Waals surface area contributed by atoms with Crippen LogP contribution >= 0.6 is 0 Å². The Hall–Kier alpha value is -1.95. The molecule has 1 aromatic carbocycles. The van der Waals surface area contributed by atoms with Crippen molar-refractivity contribution < 1.29 is 9.47 Å². The van der Waals surface area contributed by atoms with Gasteiger partial charge in [-0.05, 0) is 63.9 Å². The van der Waals surface area contributed by atoms with Crippen molar-refractivity contribution >= 4 is 0 Å². The molecule has 0 bridgehead atoms. The van der Waals surface area contributed by atoms with Crippen LogP contribution in [0.25, 0.3) is 0 Å². The first-order valence-corrected chi connectivity index (χ1v) is 10.9. The van der Waals surface area contributed by atoms with E-state index in [0.29, 0.717) is 12.2 Å². The van der Waals surface area contributed by atoms with Gasteiger partial charge in [-0.1, -0.05) is 18.2 Å². The lowest BCUT2D eigenvalue weighted by Gasteiger charge is -2.39. The molecular weight excluding hydrogens is 362 g/mol. The molecule has 1 aromatic heterocycles. The van der Waals surface area contributed by atoms with Crippen LogP contribution in [-0.2, 0) is 11.3 Å². The van der Waals surface area contributed by atoms with E-state index in [-0.39, 0.29) is 0 Å². The first kappa shape index (κ1) is 20.3. The summed E-state index contributed by atoms with van der Waals surface area (Å²) >= 11 is 0. The van der Waals surface area contributed by atoms with Crippen molar-refractivity contribution in [1.82, 2.24) is 14.8 Å². The number of nitrogens with zero attached hydrogens (tertiary/aromatic N) is 3. The lowest BCUT2D eigenvalue weighted by atomic mass is 9.95. The third-order valence-corrected chi connectivity index (χ3v) is 5.95. The molecule has 5 heteroatoms. The van der Waals surface area contributed by atoms with Gasteiger partial charge in [0.2, 0.25) is 0 Å². The molecule has 0 aliphatic carbocycles. The van der Waals surface area contributed by atoms with Gasteiger partial charge in [-0.2, -0.15) is 0 Å². The quantitative estimate of drug-likeness (QED) is 0.733. The molecule has 2 atom stereocenters. The molecule has 2 aliphatic rings. The third kappa shape index (κ3) is 5.78. The molecule has 0 spiro atoms. The van der Waals surface area contributed by atoms with Gasteiger partial charge in [0.25, 0.3) is 0 Å². The smallest absolute Gasteiger partial charge is 0.145 e. The van der Waals surface area contributed by atoms with E-state index in [1.165, 1.54) is 24.9 Å². The second-order valence-corrected chi connectivity index (χ2v) is 8.59. The van der Waals surface area contributed by atoms with Gasteiger partial charge >= 0.3 is 0 Å². The SMILES string of the molecule is CC1CN(CC2CCN(Cc3ccccc3Oc3cccnc3)CC2)CC(C)O1. The van der Waals surface area contributed by atoms with E-state index >= 15 is 0 Å². The number of rotatable bonds is 6. The molecule has 156 valence electrons. The Morgan fingerprint density at radius 2 is 1.76 bits per heavy atom. The molecule has 29 heavy (non-hydrogen) atoms.